The normalized spacial score (nSPS) is 34.5. The first-order valence-electron chi connectivity index (χ1n) is 7.51. The molecule has 1 aromatic heterocycles. The van der Waals surface area contributed by atoms with Gasteiger partial charge in [0.15, 0.2) is 0 Å². The summed E-state index contributed by atoms with van der Waals surface area (Å²) < 4.78 is 8.08. The second-order valence-electron chi connectivity index (χ2n) is 6.58. The van der Waals surface area contributed by atoms with Crippen LogP contribution in [0, 0.1) is 0 Å². The molecule has 0 bridgehead atoms. The number of hydrogen-bond acceptors (Lipinski definition) is 3. The highest BCUT2D eigenvalue weighted by Gasteiger charge is 2.34. The fourth-order valence-electron chi connectivity index (χ4n) is 3.63. The van der Waals surface area contributed by atoms with Gasteiger partial charge in [-0.05, 0) is 46.0 Å². The van der Waals surface area contributed by atoms with Gasteiger partial charge < -0.3 is 14.6 Å². The largest absolute Gasteiger partial charge is 0.375 e. The van der Waals surface area contributed by atoms with Gasteiger partial charge in [-0.15, -0.1) is 0 Å². The SMILES string of the molecule is CC1(C)CC(NC2CCCC2n2ccnc2)CCO1. The molecule has 3 rings (SSSR count). The van der Waals surface area contributed by atoms with E-state index in [1.807, 2.05) is 12.5 Å². The summed E-state index contributed by atoms with van der Waals surface area (Å²) in [5.74, 6) is 0. The van der Waals surface area contributed by atoms with Gasteiger partial charge in [-0.2, -0.15) is 0 Å². The second kappa shape index (κ2) is 5.25. The average Bonchev–Trinajstić information content (AvgIpc) is 2.96. The highest BCUT2D eigenvalue weighted by atomic mass is 16.5. The van der Waals surface area contributed by atoms with Gasteiger partial charge in [0.1, 0.15) is 0 Å². The van der Waals surface area contributed by atoms with Gasteiger partial charge in [-0.3, -0.25) is 0 Å². The summed E-state index contributed by atoms with van der Waals surface area (Å²) in [5.41, 5.74) is 0.0268. The highest BCUT2D eigenvalue weighted by molar-refractivity contribution is 4.94. The van der Waals surface area contributed by atoms with Crippen molar-refractivity contribution in [1.29, 1.82) is 0 Å². The molecule has 1 saturated carbocycles. The lowest BCUT2D eigenvalue weighted by molar-refractivity contribution is -0.0645. The quantitative estimate of drug-likeness (QED) is 0.911. The molecule has 0 amide bonds. The van der Waals surface area contributed by atoms with Crippen molar-refractivity contribution in [3.8, 4) is 0 Å². The number of imidazole rings is 1. The molecule has 3 atom stereocenters. The maximum atomic E-state index is 5.80. The van der Waals surface area contributed by atoms with Gasteiger partial charge in [0, 0.05) is 37.1 Å². The van der Waals surface area contributed by atoms with Gasteiger partial charge in [-0.1, -0.05) is 0 Å². The number of nitrogens with zero attached hydrogens (tertiary/aromatic N) is 2. The smallest absolute Gasteiger partial charge is 0.0949 e. The summed E-state index contributed by atoms with van der Waals surface area (Å²) >= 11 is 0. The van der Waals surface area contributed by atoms with E-state index in [-0.39, 0.29) is 5.60 Å². The van der Waals surface area contributed by atoms with Crippen LogP contribution in [-0.2, 0) is 4.74 Å². The molecular weight excluding hydrogens is 238 g/mol. The molecule has 2 aliphatic rings. The number of nitrogens with one attached hydrogen (secondary N) is 1. The maximum Gasteiger partial charge on any atom is 0.0949 e. The van der Waals surface area contributed by atoms with Crippen LogP contribution in [0.25, 0.3) is 0 Å². The molecule has 0 aromatic carbocycles. The lowest BCUT2D eigenvalue weighted by Crippen LogP contribution is -2.48. The number of rotatable bonds is 3. The first kappa shape index (κ1) is 13.1. The van der Waals surface area contributed by atoms with Crippen molar-refractivity contribution in [3.05, 3.63) is 18.7 Å². The standard InChI is InChI=1S/C15H25N3O/c1-15(2)10-12(6-9-19-15)17-13-4-3-5-14(13)18-8-7-16-11-18/h7-8,11-14,17H,3-6,9-10H2,1-2H3. The van der Waals surface area contributed by atoms with Crippen LogP contribution in [0.4, 0.5) is 0 Å². The average molecular weight is 263 g/mol. The molecular formula is C15H25N3O. The Hall–Kier alpha value is -0.870. The lowest BCUT2D eigenvalue weighted by Gasteiger charge is -2.38. The van der Waals surface area contributed by atoms with Crippen molar-refractivity contribution in [2.75, 3.05) is 6.61 Å². The van der Waals surface area contributed by atoms with Gasteiger partial charge in [0.25, 0.3) is 0 Å². The number of hydrogen-bond donors (Lipinski definition) is 1. The number of aromatic nitrogens is 2. The molecule has 1 aliphatic heterocycles. The minimum Gasteiger partial charge on any atom is -0.375 e. The molecule has 1 aromatic rings. The summed E-state index contributed by atoms with van der Waals surface area (Å²) in [6.07, 6.45) is 12.0. The van der Waals surface area contributed by atoms with Crippen LogP contribution < -0.4 is 5.32 Å². The molecule has 106 valence electrons. The second-order valence-corrected chi connectivity index (χ2v) is 6.58. The fraction of sp³-hybridized carbons (Fsp3) is 0.800. The van der Waals surface area contributed by atoms with Crippen LogP contribution in [0.15, 0.2) is 18.7 Å². The molecule has 2 fully saturated rings. The first-order chi connectivity index (χ1) is 9.14. The molecule has 3 unspecified atom stereocenters. The van der Waals surface area contributed by atoms with Gasteiger partial charge in [-0.25, -0.2) is 4.98 Å². The molecule has 2 heterocycles. The topological polar surface area (TPSA) is 39.1 Å². The van der Waals surface area contributed by atoms with Crippen molar-refractivity contribution < 1.29 is 4.74 Å². The Bertz CT molecular complexity index is 402. The van der Waals surface area contributed by atoms with E-state index in [1.54, 1.807) is 0 Å². The van der Waals surface area contributed by atoms with E-state index in [9.17, 15) is 0 Å². The first-order valence-corrected chi connectivity index (χ1v) is 7.51. The Morgan fingerprint density at radius 3 is 2.95 bits per heavy atom. The summed E-state index contributed by atoms with van der Waals surface area (Å²) in [6, 6.07) is 1.76. The maximum absolute atomic E-state index is 5.80. The number of ether oxygens (including phenoxy) is 1. The van der Waals surface area contributed by atoms with E-state index in [0.29, 0.717) is 18.1 Å². The summed E-state index contributed by atoms with van der Waals surface area (Å²) in [5, 5.41) is 3.88. The lowest BCUT2D eigenvalue weighted by atomic mass is 9.93. The third kappa shape index (κ3) is 3.00. The fourth-order valence-corrected chi connectivity index (χ4v) is 3.63. The third-order valence-corrected chi connectivity index (χ3v) is 4.53. The molecule has 0 spiro atoms. The van der Waals surface area contributed by atoms with Crippen LogP contribution in [0.1, 0.15) is 52.0 Å². The zero-order valence-corrected chi connectivity index (χ0v) is 12.0. The van der Waals surface area contributed by atoms with E-state index in [0.717, 1.165) is 19.4 Å². The Morgan fingerprint density at radius 1 is 1.32 bits per heavy atom. The van der Waals surface area contributed by atoms with Crippen molar-refractivity contribution >= 4 is 0 Å². The predicted molar refractivity (Wildman–Crippen MR) is 75.1 cm³/mol. The third-order valence-electron chi connectivity index (χ3n) is 4.53. The van der Waals surface area contributed by atoms with E-state index in [4.69, 9.17) is 4.74 Å². The van der Waals surface area contributed by atoms with Crippen molar-refractivity contribution in [1.82, 2.24) is 14.9 Å². The monoisotopic (exact) mass is 263 g/mol. The highest BCUT2D eigenvalue weighted by Crippen LogP contribution is 2.32. The molecule has 1 saturated heterocycles. The van der Waals surface area contributed by atoms with Crippen molar-refractivity contribution in [2.45, 2.75) is 69.7 Å². The summed E-state index contributed by atoms with van der Waals surface area (Å²) in [6.45, 7) is 5.28. The van der Waals surface area contributed by atoms with Crippen LogP contribution in [0.5, 0.6) is 0 Å². The molecule has 4 heteroatoms. The van der Waals surface area contributed by atoms with Crippen LogP contribution in [0.2, 0.25) is 0 Å². The van der Waals surface area contributed by atoms with Crippen LogP contribution in [-0.4, -0.2) is 33.8 Å². The zero-order valence-electron chi connectivity index (χ0n) is 12.0. The minimum absolute atomic E-state index is 0.0268. The minimum atomic E-state index is 0.0268. The summed E-state index contributed by atoms with van der Waals surface area (Å²) in [7, 11) is 0. The predicted octanol–water partition coefficient (Wildman–Crippen LogP) is 2.52. The molecule has 19 heavy (non-hydrogen) atoms. The Labute approximate surface area is 115 Å². The molecule has 1 aliphatic carbocycles. The molecule has 4 nitrogen and oxygen atoms in total. The molecule has 1 N–H and O–H groups in total. The zero-order chi connectivity index (χ0) is 13.3. The Balaban J connectivity index is 1.62. The van der Waals surface area contributed by atoms with Gasteiger partial charge in [0.2, 0.25) is 0 Å². The summed E-state index contributed by atoms with van der Waals surface area (Å²) in [4.78, 5) is 4.19. The van der Waals surface area contributed by atoms with E-state index in [1.165, 1.54) is 19.3 Å². The van der Waals surface area contributed by atoms with Gasteiger partial charge >= 0.3 is 0 Å². The van der Waals surface area contributed by atoms with Gasteiger partial charge in [0.05, 0.1) is 11.9 Å². The molecule has 0 radical (unpaired) electrons. The van der Waals surface area contributed by atoms with E-state index >= 15 is 0 Å². The Morgan fingerprint density at radius 2 is 2.21 bits per heavy atom. The van der Waals surface area contributed by atoms with Crippen molar-refractivity contribution in [2.24, 2.45) is 0 Å². The van der Waals surface area contributed by atoms with Crippen LogP contribution in [0.3, 0.4) is 0 Å². The van der Waals surface area contributed by atoms with E-state index in [2.05, 4.69) is 34.9 Å². The Kier molecular flexibility index (Phi) is 3.63. The van der Waals surface area contributed by atoms with Crippen molar-refractivity contribution in [3.63, 3.8) is 0 Å². The van der Waals surface area contributed by atoms with E-state index < -0.39 is 0 Å². The van der Waals surface area contributed by atoms with Crippen LogP contribution >= 0.6 is 0 Å².